The van der Waals surface area contributed by atoms with Crippen LogP contribution in [0.15, 0.2) is 46.2 Å². The molecule has 0 radical (unpaired) electrons. The van der Waals surface area contributed by atoms with Gasteiger partial charge in [-0.1, -0.05) is 17.7 Å². The zero-order valence-corrected chi connectivity index (χ0v) is 15.6. The zero-order valence-electron chi connectivity index (χ0n) is 14.0. The summed E-state index contributed by atoms with van der Waals surface area (Å²) in [5, 5.41) is 3.17. The molecule has 7 nitrogen and oxygen atoms in total. The topological polar surface area (TPSA) is 88.5 Å². The number of hydrogen-bond donors (Lipinski definition) is 1. The van der Waals surface area contributed by atoms with E-state index >= 15 is 0 Å². The molecule has 0 saturated heterocycles. The van der Waals surface area contributed by atoms with Crippen molar-refractivity contribution in [3.63, 3.8) is 0 Å². The number of benzene rings is 1. The number of rotatable bonds is 5. The number of pyridine rings is 1. The van der Waals surface area contributed by atoms with Gasteiger partial charge in [0.05, 0.1) is 4.90 Å². The minimum Gasteiger partial charge on any atom is -0.324 e. The summed E-state index contributed by atoms with van der Waals surface area (Å²) in [7, 11) is -0.922. The van der Waals surface area contributed by atoms with Crippen LogP contribution in [0.4, 0.5) is 5.69 Å². The van der Waals surface area contributed by atoms with Gasteiger partial charge in [0.15, 0.2) is 0 Å². The Morgan fingerprint density at radius 1 is 1.24 bits per heavy atom. The number of halogens is 1. The summed E-state index contributed by atoms with van der Waals surface area (Å²) in [6, 6.07) is 7.42. The van der Waals surface area contributed by atoms with Gasteiger partial charge in [0.1, 0.15) is 6.54 Å². The van der Waals surface area contributed by atoms with Crippen LogP contribution in [0.1, 0.15) is 5.56 Å². The molecule has 1 heterocycles. The first-order valence-corrected chi connectivity index (χ1v) is 9.12. The van der Waals surface area contributed by atoms with Gasteiger partial charge in [-0.25, -0.2) is 12.7 Å². The second-order valence-electron chi connectivity index (χ2n) is 5.58. The number of amides is 1. The summed E-state index contributed by atoms with van der Waals surface area (Å²) in [6.45, 7) is 1.44. The lowest BCUT2D eigenvalue weighted by molar-refractivity contribution is -0.116. The summed E-state index contributed by atoms with van der Waals surface area (Å²) in [4.78, 5) is 24.1. The number of hydrogen-bond acceptors (Lipinski definition) is 4. The lowest BCUT2D eigenvalue weighted by Gasteiger charge is -2.14. The zero-order chi connectivity index (χ0) is 18.8. The number of aromatic nitrogens is 1. The Kier molecular flexibility index (Phi) is 5.66. The summed E-state index contributed by atoms with van der Waals surface area (Å²) < 4.78 is 26.4. The predicted octanol–water partition coefficient (Wildman–Crippen LogP) is 1.70. The first kappa shape index (κ1) is 19.2. The Morgan fingerprint density at radius 2 is 1.92 bits per heavy atom. The van der Waals surface area contributed by atoms with Crippen molar-refractivity contribution in [1.29, 1.82) is 0 Å². The molecule has 0 aliphatic carbocycles. The first-order chi connectivity index (χ1) is 11.6. The van der Waals surface area contributed by atoms with Gasteiger partial charge in [0.25, 0.3) is 5.56 Å². The van der Waals surface area contributed by atoms with Crippen LogP contribution in [0.5, 0.6) is 0 Å². The highest BCUT2D eigenvalue weighted by molar-refractivity contribution is 7.89. The van der Waals surface area contributed by atoms with Crippen molar-refractivity contribution in [3.8, 4) is 0 Å². The van der Waals surface area contributed by atoms with E-state index in [-0.39, 0.29) is 11.4 Å². The van der Waals surface area contributed by atoms with Gasteiger partial charge in [0.2, 0.25) is 15.9 Å². The Balaban J connectivity index is 2.27. The van der Waals surface area contributed by atoms with Crippen molar-refractivity contribution in [3.05, 3.63) is 57.5 Å². The summed E-state index contributed by atoms with van der Waals surface area (Å²) in [5.41, 5.74) is 0.757. The van der Waals surface area contributed by atoms with Gasteiger partial charge in [-0.2, -0.15) is 0 Å². The molecule has 2 rings (SSSR count). The van der Waals surface area contributed by atoms with E-state index in [0.717, 1.165) is 21.1 Å². The molecule has 1 aromatic heterocycles. The molecule has 0 aliphatic rings. The molecule has 0 unspecified atom stereocenters. The van der Waals surface area contributed by atoms with Crippen LogP contribution < -0.4 is 10.9 Å². The van der Waals surface area contributed by atoms with E-state index in [0.29, 0.717) is 16.3 Å². The van der Waals surface area contributed by atoms with Crippen LogP contribution in [-0.2, 0) is 21.4 Å². The molecule has 1 aromatic carbocycles. The van der Waals surface area contributed by atoms with Crippen molar-refractivity contribution in [2.45, 2.75) is 18.4 Å². The van der Waals surface area contributed by atoms with E-state index in [1.807, 2.05) is 0 Å². The average Bonchev–Trinajstić information content (AvgIpc) is 2.53. The fraction of sp³-hybridized carbons (Fsp3) is 0.250. The monoisotopic (exact) mass is 383 g/mol. The maximum Gasteiger partial charge on any atom is 0.251 e. The largest absolute Gasteiger partial charge is 0.324 e. The van der Waals surface area contributed by atoms with Gasteiger partial charge >= 0.3 is 0 Å². The van der Waals surface area contributed by atoms with E-state index in [4.69, 9.17) is 11.6 Å². The van der Waals surface area contributed by atoms with Crippen molar-refractivity contribution in [2.24, 2.45) is 0 Å². The second kappa shape index (κ2) is 7.38. The number of carbonyl (C=O) groups excluding carboxylic acids is 1. The van der Waals surface area contributed by atoms with Gasteiger partial charge in [0, 0.05) is 37.1 Å². The van der Waals surface area contributed by atoms with Crippen molar-refractivity contribution in [1.82, 2.24) is 8.87 Å². The smallest absolute Gasteiger partial charge is 0.251 e. The van der Waals surface area contributed by atoms with Crippen molar-refractivity contribution < 1.29 is 13.2 Å². The van der Waals surface area contributed by atoms with E-state index < -0.39 is 21.5 Å². The minimum absolute atomic E-state index is 0.0659. The highest BCUT2D eigenvalue weighted by atomic mass is 35.5. The fourth-order valence-electron chi connectivity index (χ4n) is 2.08. The van der Waals surface area contributed by atoms with Crippen LogP contribution in [0.3, 0.4) is 0 Å². The molecule has 0 fully saturated rings. The van der Waals surface area contributed by atoms with E-state index in [9.17, 15) is 18.0 Å². The standard InChI is InChI=1S/C16H18ClN3O4S/c1-11-13(17)5-4-6-14(11)18-15(21)10-20-9-12(7-8-16(20)22)25(23,24)19(2)3/h4-9H,10H2,1-3H3,(H,18,21). The predicted molar refractivity (Wildman–Crippen MR) is 96.4 cm³/mol. The third kappa shape index (κ3) is 4.28. The lowest BCUT2D eigenvalue weighted by Crippen LogP contribution is -2.29. The third-order valence-electron chi connectivity index (χ3n) is 3.59. The van der Waals surface area contributed by atoms with Gasteiger partial charge in [-0.3, -0.25) is 9.59 Å². The van der Waals surface area contributed by atoms with E-state index in [2.05, 4.69) is 5.32 Å². The molecule has 0 bridgehead atoms. The summed E-state index contributed by atoms with van der Waals surface area (Å²) >= 11 is 6.01. The first-order valence-electron chi connectivity index (χ1n) is 7.31. The van der Waals surface area contributed by atoms with Crippen LogP contribution in [-0.4, -0.2) is 37.3 Å². The molecule has 0 saturated carbocycles. The Morgan fingerprint density at radius 3 is 2.56 bits per heavy atom. The van der Waals surface area contributed by atoms with E-state index in [1.54, 1.807) is 25.1 Å². The number of nitrogens with one attached hydrogen (secondary N) is 1. The Bertz CT molecular complexity index is 968. The highest BCUT2D eigenvalue weighted by Crippen LogP contribution is 2.22. The maximum atomic E-state index is 12.2. The molecule has 0 atom stereocenters. The van der Waals surface area contributed by atoms with Crippen LogP contribution in [0, 0.1) is 6.92 Å². The Labute approximate surface area is 150 Å². The molecule has 9 heteroatoms. The molecule has 0 aliphatic heterocycles. The average molecular weight is 384 g/mol. The molecule has 1 N–H and O–H groups in total. The van der Waals surface area contributed by atoms with Gasteiger partial charge in [-0.15, -0.1) is 0 Å². The van der Waals surface area contributed by atoms with Crippen LogP contribution >= 0.6 is 11.6 Å². The molecule has 2 aromatic rings. The quantitative estimate of drug-likeness (QED) is 0.851. The molecule has 134 valence electrons. The Hall–Kier alpha value is -2.16. The molecule has 0 spiro atoms. The maximum absolute atomic E-state index is 12.2. The SMILES string of the molecule is Cc1c(Cl)cccc1NC(=O)Cn1cc(S(=O)(=O)N(C)C)ccc1=O. The fourth-order valence-corrected chi connectivity index (χ4v) is 3.18. The lowest BCUT2D eigenvalue weighted by atomic mass is 10.2. The van der Waals surface area contributed by atoms with Gasteiger partial charge < -0.3 is 9.88 Å². The highest BCUT2D eigenvalue weighted by Gasteiger charge is 2.18. The molecule has 1 amide bonds. The number of sulfonamides is 1. The number of carbonyl (C=O) groups is 1. The minimum atomic E-state index is -3.70. The van der Waals surface area contributed by atoms with Crippen LogP contribution in [0.25, 0.3) is 0 Å². The number of nitrogens with zero attached hydrogens (tertiary/aromatic N) is 2. The molecular weight excluding hydrogens is 366 g/mol. The molecular formula is C16H18ClN3O4S. The molecule has 25 heavy (non-hydrogen) atoms. The van der Waals surface area contributed by atoms with Crippen molar-refractivity contribution in [2.75, 3.05) is 19.4 Å². The van der Waals surface area contributed by atoms with Crippen LogP contribution in [0.2, 0.25) is 5.02 Å². The third-order valence-corrected chi connectivity index (χ3v) is 5.80. The van der Waals surface area contributed by atoms with E-state index in [1.165, 1.54) is 20.2 Å². The second-order valence-corrected chi connectivity index (χ2v) is 8.14. The summed E-state index contributed by atoms with van der Waals surface area (Å²) in [5.74, 6) is -0.466. The van der Waals surface area contributed by atoms with Gasteiger partial charge in [-0.05, 0) is 30.7 Å². The van der Waals surface area contributed by atoms with Crippen molar-refractivity contribution >= 4 is 33.2 Å². The summed E-state index contributed by atoms with van der Waals surface area (Å²) in [6.07, 6.45) is 1.15. The normalized spacial score (nSPS) is 11.6. The number of anilines is 1.